The van der Waals surface area contributed by atoms with Gasteiger partial charge in [0.05, 0.1) is 12.3 Å². The summed E-state index contributed by atoms with van der Waals surface area (Å²) in [5, 5.41) is 3.49. The lowest BCUT2D eigenvalue weighted by atomic mass is 10.1. The molecule has 1 rings (SSSR count). The van der Waals surface area contributed by atoms with Crippen LogP contribution in [0.2, 0.25) is 0 Å². The Hall–Kier alpha value is -1.02. The summed E-state index contributed by atoms with van der Waals surface area (Å²) in [6, 6.07) is 2.37. The highest BCUT2D eigenvalue weighted by molar-refractivity contribution is 5.22. The lowest BCUT2D eigenvalue weighted by molar-refractivity contribution is 0.525. The number of nitrogens with one attached hydrogen (secondary N) is 1. The van der Waals surface area contributed by atoms with Gasteiger partial charge in [0, 0.05) is 5.56 Å². The predicted molar refractivity (Wildman–Crippen MR) is 63.9 cm³/mol. The van der Waals surface area contributed by atoms with Crippen molar-refractivity contribution in [3.05, 3.63) is 35.3 Å². The third kappa shape index (κ3) is 3.92. The fourth-order valence-corrected chi connectivity index (χ4v) is 1.53. The van der Waals surface area contributed by atoms with Crippen LogP contribution in [0.25, 0.3) is 0 Å². The molecule has 0 saturated carbocycles. The lowest BCUT2D eigenvalue weighted by Crippen LogP contribution is -2.20. The van der Waals surface area contributed by atoms with Crippen molar-refractivity contribution in [2.75, 3.05) is 6.54 Å². The second-order valence-corrected chi connectivity index (χ2v) is 4.17. The van der Waals surface area contributed by atoms with E-state index in [4.69, 9.17) is 4.42 Å². The topological polar surface area (TPSA) is 25.2 Å². The standard InChI is InChI=1S/C13H21NO/c1-5-6-14-13(7-10(2)3)12-8-11(4)15-9-12/h7-9,13-14H,5-6H2,1-4H3. The summed E-state index contributed by atoms with van der Waals surface area (Å²) >= 11 is 0. The van der Waals surface area contributed by atoms with Gasteiger partial charge in [-0.25, -0.2) is 0 Å². The van der Waals surface area contributed by atoms with Gasteiger partial charge in [-0.1, -0.05) is 18.6 Å². The summed E-state index contributed by atoms with van der Waals surface area (Å²) in [4.78, 5) is 0. The molecule has 0 radical (unpaired) electrons. The second kappa shape index (κ2) is 5.76. The number of furan rings is 1. The minimum Gasteiger partial charge on any atom is -0.469 e. The zero-order valence-electron chi connectivity index (χ0n) is 10.1. The average Bonchev–Trinajstić information content (AvgIpc) is 2.58. The van der Waals surface area contributed by atoms with Crippen molar-refractivity contribution in [2.24, 2.45) is 0 Å². The molecule has 2 nitrogen and oxygen atoms in total. The predicted octanol–water partition coefficient (Wildman–Crippen LogP) is 3.59. The molecule has 0 aliphatic rings. The van der Waals surface area contributed by atoms with Gasteiger partial charge in [-0.05, 0) is 39.8 Å². The van der Waals surface area contributed by atoms with Crippen molar-refractivity contribution in [3.8, 4) is 0 Å². The first kappa shape index (κ1) is 12.1. The van der Waals surface area contributed by atoms with Crippen LogP contribution in [0.1, 0.15) is 44.6 Å². The van der Waals surface area contributed by atoms with Crippen molar-refractivity contribution in [3.63, 3.8) is 0 Å². The molecule has 0 amide bonds. The van der Waals surface area contributed by atoms with Gasteiger partial charge in [0.15, 0.2) is 0 Å². The molecular weight excluding hydrogens is 186 g/mol. The number of hydrogen-bond donors (Lipinski definition) is 1. The molecule has 15 heavy (non-hydrogen) atoms. The van der Waals surface area contributed by atoms with Crippen LogP contribution < -0.4 is 5.32 Å². The van der Waals surface area contributed by atoms with Crippen LogP contribution in [-0.2, 0) is 0 Å². The lowest BCUT2D eigenvalue weighted by Gasteiger charge is -2.13. The molecule has 1 N–H and O–H groups in total. The van der Waals surface area contributed by atoms with Crippen LogP contribution in [0.15, 0.2) is 28.4 Å². The summed E-state index contributed by atoms with van der Waals surface area (Å²) in [7, 11) is 0. The Balaban J connectivity index is 2.76. The van der Waals surface area contributed by atoms with Gasteiger partial charge in [-0.2, -0.15) is 0 Å². The molecule has 1 aromatic rings. The van der Waals surface area contributed by atoms with E-state index in [0.717, 1.165) is 18.7 Å². The van der Waals surface area contributed by atoms with E-state index in [-0.39, 0.29) is 6.04 Å². The first-order chi connectivity index (χ1) is 7.13. The molecule has 0 aliphatic carbocycles. The zero-order valence-corrected chi connectivity index (χ0v) is 10.1. The summed E-state index contributed by atoms with van der Waals surface area (Å²) in [5.74, 6) is 0.968. The van der Waals surface area contributed by atoms with Crippen molar-refractivity contribution >= 4 is 0 Å². The van der Waals surface area contributed by atoms with E-state index in [1.807, 2.05) is 13.2 Å². The molecule has 0 saturated heterocycles. The van der Waals surface area contributed by atoms with E-state index in [1.165, 1.54) is 11.1 Å². The van der Waals surface area contributed by atoms with Gasteiger partial charge in [0.25, 0.3) is 0 Å². The molecule has 0 fully saturated rings. The summed E-state index contributed by atoms with van der Waals surface area (Å²) in [6.45, 7) is 9.41. The molecule has 0 aromatic carbocycles. The minimum absolute atomic E-state index is 0.285. The van der Waals surface area contributed by atoms with E-state index in [9.17, 15) is 0 Å². The normalized spacial score (nSPS) is 12.5. The second-order valence-electron chi connectivity index (χ2n) is 4.17. The Morgan fingerprint density at radius 2 is 2.27 bits per heavy atom. The van der Waals surface area contributed by atoms with E-state index in [1.54, 1.807) is 0 Å². The van der Waals surface area contributed by atoms with Crippen molar-refractivity contribution < 1.29 is 4.42 Å². The third-order valence-corrected chi connectivity index (χ3v) is 2.22. The Morgan fingerprint density at radius 3 is 2.73 bits per heavy atom. The molecule has 1 aromatic heterocycles. The monoisotopic (exact) mass is 207 g/mol. The first-order valence-electron chi connectivity index (χ1n) is 5.57. The molecule has 84 valence electrons. The summed E-state index contributed by atoms with van der Waals surface area (Å²) in [6.07, 6.45) is 5.21. The molecule has 1 unspecified atom stereocenters. The van der Waals surface area contributed by atoms with E-state index in [2.05, 4.69) is 38.2 Å². The van der Waals surface area contributed by atoms with Crippen LogP contribution >= 0.6 is 0 Å². The number of rotatable bonds is 5. The van der Waals surface area contributed by atoms with Gasteiger partial charge in [-0.3, -0.25) is 0 Å². The Bertz CT molecular complexity index is 321. The van der Waals surface area contributed by atoms with E-state index >= 15 is 0 Å². The maximum atomic E-state index is 5.34. The van der Waals surface area contributed by atoms with Crippen LogP contribution in [-0.4, -0.2) is 6.54 Å². The molecule has 0 spiro atoms. The SMILES string of the molecule is CCCNC(C=C(C)C)c1coc(C)c1. The van der Waals surface area contributed by atoms with E-state index < -0.39 is 0 Å². The van der Waals surface area contributed by atoms with Gasteiger partial charge >= 0.3 is 0 Å². The summed E-state index contributed by atoms with van der Waals surface area (Å²) < 4.78 is 5.34. The maximum absolute atomic E-state index is 5.34. The van der Waals surface area contributed by atoms with Gasteiger partial charge < -0.3 is 9.73 Å². The smallest absolute Gasteiger partial charge is 0.101 e. The highest BCUT2D eigenvalue weighted by Gasteiger charge is 2.09. The highest BCUT2D eigenvalue weighted by Crippen LogP contribution is 2.18. The molecule has 2 heteroatoms. The number of hydrogen-bond acceptors (Lipinski definition) is 2. The van der Waals surface area contributed by atoms with Crippen LogP contribution in [0.4, 0.5) is 0 Å². The van der Waals surface area contributed by atoms with Gasteiger partial charge in [0.1, 0.15) is 5.76 Å². The largest absolute Gasteiger partial charge is 0.469 e. The van der Waals surface area contributed by atoms with Gasteiger partial charge in [0.2, 0.25) is 0 Å². The van der Waals surface area contributed by atoms with Crippen LogP contribution in [0, 0.1) is 6.92 Å². The quantitative estimate of drug-likeness (QED) is 0.746. The van der Waals surface area contributed by atoms with Crippen LogP contribution in [0.3, 0.4) is 0 Å². The fourth-order valence-electron chi connectivity index (χ4n) is 1.53. The molecule has 0 aliphatic heterocycles. The first-order valence-corrected chi connectivity index (χ1v) is 5.57. The van der Waals surface area contributed by atoms with Crippen molar-refractivity contribution in [1.29, 1.82) is 0 Å². The Kier molecular flexibility index (Phi) is 4.63. The Morgan fingerprint density at radius 1 is 1.53 bits per heavy atom. The molecular formula is C13H21NO. The summed E-state index contributed by atoms with van der Waals surface area (Å²) in [5.41, 5.74) is 2.53. The zero-order chi connectivity index (χ0) is 11.3. The number of allylic oxidation sites excluding steroid dienone is 1. The average molecular weight is 207 g/mol. The van der Waals surface area contributed by atoms with Crippen molar-refractivity contribution in [1.82, 2.24) is 5.32 Å². The molecule has 1 heterocycles. The Labute approximate surface area is 92.4 Å². The van der Waals surface area contributed by atoms with E-state index in [0.29, 0.717) is 0 Å². The maximum Gasteiger partial charge on any atom is 0.101 e. The van der Waals surface area contributed by atoms with Crippen LogP contribution in [0.5, 0.6) is 0 Å². The minimum atomic E-state index is 0.285. The van der Waals surface area contributed by atoms with Crippen molar-refractivity contribution in [2.45, 2.75) is 40.2 Å². The third-order valence-electron chi connectivity index (χ3n) is 2.22. The van der Waals surface area contributed by atoms with Gasteiger partial charge in [-0.15, -0.1) is 0 Å². The fraction of sp³-hybridized carbons (Fsp3) is 0.538. The molecule has 0 bridgehead atoms. The molecule has 1 atom stereocenters. The highest BCUT2D eigenvalue weighted by atomic mass is 16.3. The number of aryl methyl sites for hydroxylation is 1.